The second-order valence-corrected chi connectivity index (χ2v) is 5.47. The summed E-state index contributed by atoms with van der Waals surface area (Å²) in [4.78, 5) is 0. The summed E-state index contributed by atoms with van der Waals surface area (Å²) in [6, 6.07) is 20.7. The molecule has 20 heavy (non-hydrogen) atoms. The highest BCUT2D eigenvalue weighted by atomic mass is 32.2. The second-order valence-electron chi connectivity index (χ2n) is 4.40. The molecule has 1 aromatic heterocycles. The van der Waals surface area contributed by atoms with Gasteiger partial charge >= 0.3 is 0 Å². The largest absolute Gasteiger partial charge is 0.277 e. The van der Waals surface area contributed by atoms with E-state index in [1.54, 1.807) is 18.1 Å². The van der Waals surface area contributed by atoms with Crippen LogP contribution in [0.15, 0.2) is 72.1 Å². The lowest BCUT2D eigenvalue weighted by Gasteiger charge is -2.05. The first kappa shape index (κ1) is 12.9. The summed E-state index contributed by atoms with van der Waals surface area (Å²) >= 11 is 1.73. The normalized spacial score (nSPS) is 10.6. The van der Waals surface area contributed by atoms with Crippen molar-refractivity contribution in [2.24, 2.45) is 0 Å². The molecule has 0 unspecified atom stereocenters. The first-order valence-electron chi connectivity index (χ1n) is 6.55. The molecule has 0 radical (unpaired) electrons. The Hall–Kier alpha value is -2.07. The highest BCUT2D eigenvalue weighted by Gasteiger charge is 2.06. The number of para-hydroxylation sites is 1. The van der Waals surface area contributed by atoms with Crippen molar-refractivity contribution in [3.63, 3.8) is 0 Å². The number of aryl methyl sites for hydroxylation is 1. The molecule has 0 atom stereocenters. The van der Waals surface area contributed by atoms with E-state index in [0.717, 1.165) is 23.0 Å². The Balaban J connectivity index is 1.66. The third-order valence-corrected chi connectivity index (χ3v) is 3.96. The fraction of sp³-hybridized carbons (Fsp3) is 0.125. The molecular formula is C16H15N3S. The lowest BCUT2D eigenvalue weighted by molar-refractivity contribution is 0.882. The maximum atomic E-state index is 4.20. The fourth-order valence-corrected chi connectivity index (χ4v) is 2.91. The fourth-order valence-electron chi connectivity index (χ4n) is 1.99. The molecule has 0 spiro atoms. The van der Waals surface area contributed by atoms with Crippen molar-refractivity contribution in [2.45, 2.75) is 11.6 Å². The average molecular weight is 281 g/mol. The van der Waals surface area contributed by atoms with Crippen LogP contribution in [-0.4, -0.2) is 20.5 Å². The van der Waals surface area contributed by atoms with Gasteiger partial charge < -0.3 is 0 Å². The molecule has 4 heteroatoms. The van der Waals surface area contributed by atoms with Crippen LogP contribution in [0.3, 0.4) is 0 Å². The molecule has 0 bridgehead atoms. The van der Waals surface area contributed by atoms with Gasteiger partial charge in [0.15, 0.2) is 5.16 Å². The van der Waals surface area contributed by atoms with Crippen LogP contribution in [0.4, 0.5) is 0 Å². The van der Waals surface area contributed by atoms with Crippen LogP contribution in [-0.2, 0) is 6.42 Å². The Labute approximate surface area is 122 Å². The van der Waals surface area contributed by atoms with Gasteiger partial charge in [-0.25, -0.2) is 0 Å². The Kier molecular flexibility index (Phi) is 4.13. The monoisotopic (exact) mass is 281 g/mol. The molecule has 0 aliphatic carbocycles. The molecule has 0 amide bonds. The van der Waals surface area contributed by atoms with E-state index in [0.29, 0.717) is 0 Å². The molecule has 0 N–H and O–H groups in total. The van der Waals surface area contributed by atoms with Crippen LogP contribution in [0.2, 0.25) is 0 Å². The van der Waals surface area contributed by atoms with Gasteiger partial charge in [0, 0.05) is 11.4 Å². The highest BCUT2D eigenvalue weighted by Crippen LogP contribution is 2.20. The van der Waals surface area contributed by atoms with Crippen LogP contribution in [0.1, 0.15) is 5.56 Å². The Bertz CT molecular complexity index is 650. The lowest BCUT2D eigenvalue weighted by atomic mass is 10.2. The van der Waals surface area contributed by atoms with E-state index in [1.807, 2.05) is 28.8 Å². The van der Waals surface area contributed by atoms with Crippen molar-refractivity contribution >= 4 is 11.8 Å². The minimum Gasteiger partial charge on any atom is -0.277 e. The molecule has 3 nitrogen and oxygen atoms in total. The molecule has 0 aliphatic heterocycles. The predicted octanol–water partition coefficient (Wildman–Crippen LogP) is 3.60. The van der Waals surface area contributed by atoms with E-state index in [4.69, 9.17) is 0 Å². The number of hydrogen-bond acceptors (Lipinski definition) is 3. The number of thioether (sulfide) groups is 1. The minimum absolute atomic E-state index is 0.937. The van der Waals surface area contributed by atoms with E-state index in [-0.39, 0.29) is 0 Å². The zero-order valence-corrected chi connectivity index (χ0v) is 11.8. The number of hydrogen-bond donors (Lipinski definition) is 0. The van der Waals surface area contributed by atoms with Gasteiger partial charge in [0.05, 0.1) is 0 Å². The van der Waals surface area contributed by atoms with E-state index in [2.05, 4.69) is 46.6 Å². The van der Waals surface area contributed by atoms with Gasteiger partial charge in [-0.2, -0.15) is 0 Å². The molecule has 100 valence electrons. The molecule has 0 aliphatic rings. The van der Waals surface area contributed by atoms with Gasteiger partial charge in [0.2, 0.25) is 0 Å². The molecule has 0 fully saturated rings. The summed E-state index contributed by atoms with van der Waals surface area (Å²) in [6.07, 6.45) is 2.80. The van der Waals surface area contributed by atoms with Gasteiger partial charge in [-0.15, -0.1) is 10.2 Å². The lowest BCUT2D eigenvalue weighted by Crippen LogP contribution is -1.96. The summed E-state index contributed by atoms with van der Waals surface area (Å²) in [5, 5.41) is 9.15. The van der Waals surface area contributed by atoms with E-state index < -0.39 is 0 Å². The van der Waals surface area contributed by atoms with Crippen molar-refractivity contribution in [3.05, 3.63) is 72.6 Å². The zero-order chi connectivity index (χ0) is 13.6. The van der Waals surface area contributed by atoms with Gasteiger partial charge in [-0.1, -0.05) is 60.3 Å². The SMILES string of the molecule is c1ccc(CCSc2nncn2-c2ccccc2)cc1. The molecule has 0 saturated heterocycles. The molecule has 3 rings (SSSR count). The van der Waals surface area contributed by atoms with Crippen molar-refractivity contribution in [1.29, 1.82) is 0 Å². The van der Waals surface area contributed by atoms with Crippen LogP contribution < -0.4 is 0 Å². The van der Waals surface area contributed by atoms with Crippen LogP contribution in [0.5, 0.6) is 0 Å². The number of aromatic nitrogens is 3. The van der Waals surface area contributed by atoms with E-state index in [1.165, 1.54) is 5.56 Å². The molecule has 0 saturated carbocycles. The van der Waals surface area contributed by atoms with Gasteiger partial charge in [0.25, 0.3) is 0 Å². The minimum atomic E-state index is 0.937. The molecule has 3 aromatic rings. The van der Waals surface area contributed by atoms with E-state index in [9.17, 15) is 0 Å². The third-order valence-electron chi connectivity index (χ3n) is 3.02. The number of benzene rings is 2. The Morgan fingerprint density at radius 2 is 1.60 bits per heavy atom. The highest BCUT2D eigenvalue weighted by molar-refractivity contribution is 7.99. The summed E-state index contributed by atoms with van der Waals surface area (Å²) < 4.78 is 2.02. The maximum absolute atomic E-state index is 4.20. The standard InChI is InChI=1S/C16H15N3S/c1-3-7-14(8-4-1)11-12-20-16-18-17-13-19(16)15-9-5-2-6-10-15/h1-10,13H,11-12H2. The predicted molar refractivity (Wildman–Crippen MR) is 82.2 cm³/mol. The number of rotatable bonds is 5. The van der Waals surface area contributed by atoms with Gasteiger partial charge in [0.1, 0.15) is 6.33 Å². The van der Waals surface area contributed by atoms with Gasteiger partial charge in [-0.05, 0) is 24.1 Å². The summed E-state index contributed by atoms with van der Waals surface area (Å²) in [5.74, 6) is 0.996. The topological polar surface area (TPSA) is 30.7 Å². The van der Waals surface area contributed by atoms with Crippen molar-refractivity contribution < 1.29 is 0 Å². The van der Waals surface area contributed by atoms with Crippen LogP contribution in [0, 0.1) is 0 Å². The first-order chi connectivity index (χ1) is 9.93. The zero-order valence-electron chi connectivity index (χ0n) is 11.0. The maximum Gasteiger partial charge on any atom is 0.195 e. The van der Waals surface area contributed by atoms with Crippen molar-refractivity contribution in [3.8, 4) is 5.69 Å². The van der Waals surface area contributed by atoms with Crippen LogP contribution in [0.25, 0.3) is 5.69 Å². The summed E-state index contributed by atoms with van der Waals surface area (Å²) in [7, 11) is 0. The quantitative estimate of drug-likeness (QED) is 0.669. The third kappa shape index (κ3) is 3.08. The van der Waals surface area contributed by atoms with E-state index >= 15 is 0 Å². The Morgan fingerprint density at radius 3 is 2.35 bits per heavy atom. The first-order valence-corrected chi connectivity index (χ1v) is 7.54. The van der Waals surface area contributed by atoms with Crippen molar-refractivity contribution in [1.82, 2.24) is 14.8 Å². The molecule has 1 heterocycles. The number of nitrogens with zero attached hydrogens (tertiary/aromatic N) is 3. The van der Waals surface area contributed by atoms with Crippen molar-refractivity contribution in [2.75, 3.05) is 5.75 Å². The summed E-state index contributed by atoms with van der Waals surface area (Å²) in [6.45, 7) is 0. The average Bonchev–Trinajstić information content (AvgIpc) is 2.98. The smallest absolute Gasteiger partial charge is 0.195 e. The molecule has 2 aromatic carbocycles. The Morgan fingerprint density at radius 1 is 0.900 bits per heavy atom. The van der Waals surface area contributed by atoms with Crippen LogP contribution >= 0.6 is 11.8 Å². The summed E-state index contributed by atoms with van der Waals surface area (Å²) in [5.41, 5.74) is 2.45. The van der Waals surface area contributed by atoms with Gasteiger partial charge in [-0.3, -0.25) is 4.57 Å². The molecular weight excluding hydrogens is 266 g/mol. The second kappa shape index (κ2) is 6.39.